The van der Waals surface area contributed by atoms with Crippen molar-refractivity contribution < 1.29 is 17.7 Å². The summed E-state index contributed by atoms with van der Waals surface area (Å²) in [7, 11) is -3.56. The van der Waals surface area contributed by atoms with E-state index >= 15 is 0 Å². The monoisotopic (exact) mass is 180 g/mol. The molecule has 66 valence electrons. The smallest absolute Gasteiger partial charge is 0.270 e. The van der Waals surface area contributed by atoms with Crippen LogP contribution in [0.4, 0.5) is 0 Å². The predicted molar refractivity (Wildman–Crippen MR) is 41.6 cm³/mol. The van der Waals surface area contributed by atoms with Crippen molar-refractivity contribution in [1.82, 2.24) is 0 Å². The van der Waals surface area contributed by atoms with Crippen molar-refractivity contribution >= 4 is 10.1 Å². The molecule has 0 saturated heterocycles. The van der Waals surface area contributed by atoms with Crippen molar-refractivity contribution in [2.24, 2.45) is 0 Å². The van der Waals surface area contributed by atoms with Crippen LogP contribution in [-0.4, -0.2) is 32.0 Å². The van der Waals surface area contributed by atoms with Gasteiger partial charge in [0.1, 0.15) is 5.75 Å². The largest absolute Gasteiger partial charge is 0.388 e. The van der Waals surface area contributed by atoms with Crippen LogP contribution in [0.2, 0.25) is 0 Å². The van der Waals surface area contributed by atoms with Gasteiger partial charge < -0.3 is 5.11 Å². The van der Waals surface area contributed by atoms with Gasteiger partial charge in [-0.1, -0.05) is 6.08 Å². The Morgan fingerprint density at radius 2 is 2.27 bits per heavy atom. The molecule has 0 heterocycles. The Labute approximate surface area is 66.6 Å². The first-order chi connectivity index (χ1) is 5.02. The first-order valence-corrected chi connectivity index (χ1v) is 4.77. The fraction of sp³-hybridized carbons (Fsp3) is 0.667. The molecule has 0 aliphatic carbocycles. The summed E-state index contributed by atoms with van der Waals surface area (Å²) in [5, 5.41) is 8.84. The van der Waals surface area contributed by atoms with Crippen molar-refractivity contribution in [3.05, 3.63) is 12.7 Å². The van der Waals surface area contributed by atoms with Gasteiger partial charge in [0.15, 0.2) is 0 Å². The highest BCUT2D eigenvalue weighted by molar-refractivity contribution is 7.86. The topological polar surface area (TPSA) is 63.6 Å². The summed E-state index contributed by atoms with van der Waals surface area (Å²) in [4.78, 5) is 0. The van der Waals surface area contributed by atoms with Crippen LogP contribution >= 0.6 is 0 Å². The molecule has 5 heteroatoms. The second kappa shape index (κ2) is 4.48. The summed E-state index contributed by atoms with van der Waals surface area (Å²) in [5.74, 6) is -0.426. The minimum atomic E-state index is -3.56. The molecule has 0 amide bonds. The van der Waals surface area contributed by atoms with E-state index < -0.39 is 22.0 Å². The van der Waals surface area contributed by atoms with Gasteiger partial charge in [0.05, 0.1) is 12.7 Å². The highest BCUT2D eigenvalue weighted by Crippen LogP contribution is 1.97. The van der Waals surface area contributed by atoms with Gasteiger partial charge in [-0.2, -0.15) is 8.42 Å². The third-order valence-corrected chi connectivity index (χ3v) is 2.29. The Kier molecular flexibility index (Phi) is 4.32. The molecule has 0 aliphatic heterocycles. The first kappa shape index (κ1) is 10.6. The van der Waals surface area contributed by atoms with Gasteiger partial charge in [-0.15, -0.1) is 6.58 Å². The summed E-state index contributed by atoms with van der Waals surface area (Å²) >= 11 is 0. The van der Waals surface area contributed by atoms with E-state index in [1.54, 1.807) is 6.92 Å². The molecule has 0 aromatic rings. The van der Waals surface area contributed by atoms with Crippen LogP contribution in [0.1, 0.15) is 6.92 Å². The third kappa shape index (κ3) is 4.94. The van der Waals surface area contributed by atoms with E-state index in [1.807, 2.05) is 0 Å². The van der Waals surface area contributed by atoms with Gasteiger partial charge in [0, 0.05) is 0 Å². The minimum absolute atomic E-state index is 0.0895. The summed E-state index contributed by atoms with van der Waals surface area (Å²) in [6, 6.07) is 0. The van der Waals surface area contributed by atoms with E-state index in [0.29, 0.717) is 0 Å². The summed E-state index contributed by atoms with van der Waals surface area (Å²) < 4.78 is 25.9. The SMILES string of the molecule is C=CC(O)CS(=O)(=O)OCC. The van der Waals surface area contributed by atoms with E-state index in [9.17, 15) is 8.42 Å². The second-order valence-electron chi connectivity index (χ2n) is 1.93. The van der Waals surface area contributed by atoms with E-state index in [4.69, 9.17) is 5.11 Å². The predicted octanol–water partition coefficient (Wildman–Crippen LogP) is -0.100. The van der Waals surface area contributed by atoms with Gasteiger partial charge in [-0.05, 0) is 6.92 Å². The van der Waals surface area contributed by atoms with E-state index in [1.165, 1.54) is 0 Å². The van der Waals surface area contributed by atoms with Crippen molar-refractivity contribution in [3.63, 3.8) is 0 Å². The Bertz CT molecular complexity index is 207. The van der Waals surface area contributed by atoms with Crippen LogP contribution < -0.4 is 0 Å². The molecule has 0 bridgehead atoms. The van der Waals surface area contributed by atoms with Gasteiger partial charge in [-0.3, -0.25) is 4.18 Å². The van der Waals surface area contributed by atoms with E-state index in [2.05, 4.69) is 10.8 Å². The highest BCUT2D eigenvalue weighted by Gasteiger charge is 2.14. The van der Waals surface area contributed by atoms with Gasteiger partial charge in [-0.25, -0.2) is 0 Å². The molecule has 1 unspecified atom stereocenters. The van der Waals surface area contributed by atoms with Crippen LogP contribution in [0.25, 0.3) is 0 Å². The molecule has 0 rings (SSSR count). The molecule has 0 aromatic heterocycles. The molecular weight excluding hydrogens is 168 g/mol. The molecule has 4 nitrogen and oxygen atoms in total. The lowest BCUT2D eigenvalue weighted by atomic mass is 10.4. The maximum atomic E-state index is 10.8. The summed E-state index contributed by atoms with van der Waals surface area (Å²) in [5.41, 5.74) is 0. The van der Waals surface area contributed by atoms with Crippen molar-refractivity contribution in [2.45, 2.75) is 13.0 Å². The standard InChI is InChI=1S/C6H12O4S/c1-3-6(7)5-11(8,9)10-4-2/h3,6-7H,1,4-5H2,2H3. The third-order valence-electron chi connectivity index (χ3n) is 0.944. The lowest BCUT2D eigenvalue weighted by molar-refractivity contribution is 0.238. The molecule has 0 spiro atoms. The van der Waals surface area contributed by atoms with E-state index in [-0.39, 0.29) is 6.61 Å². The second-order valence-corrected chi connectivity index (χ2v) is 3.62. The van der Waals surface area contributed by atoms with Crippen LogP contribution in [0, 0.1) is 0 Å². The Balaban J connectivity index is 4.02. The average Bonchev–Trinajstić information content (AvgIpc) is 1.86. The Morgan fingerprint density at radius 1 is 1.73 bits per heavy atom. The van der Waals surface area contributed by atoms with Crippen LogP contribution in [0.15, 0.2) is 12.7 Å². The zero-order chi connectivity index (χ0) is 8.91. The number of aliphatic hydroxyl groups excluding tert-OH is 1. The van der Waals surface area contributed by atoms with Gasteiger partial charge >= 0.3 is 0 Å². The van der Waals surface area contributed by atoms with Gasteiger partial charge in [0.25, 0.3) is 10.1 Å². The number of hydrogen-bond donors (Lipinski definition) is 1. The van der Waals surface area contributed by atoms with Crippen molar-refractivity contribution in [2.75, 3.05) is 12.4 Å². The molecular formula is C6H12O4S. The first-order valence-electron chi connectivity index (χ1n) is 3.19. The zero-order valence-corrected chi connectivity index (χ0v) is 7.17. The van der Waals surface area contributed by atoms with Crippen LogP contribution in [0.3, 0.4) is 0 Å². The molecule has 1 atom stereocenters. The van der Waals surface area contributed by atoms with E-state index in [0.717, 1.165) is 6.08 Å². The fourth-order valence-electron chi connectivity index (χ4n) is 0.505. The lowest BCUT2D eigenvalue weighted by Gasteiger charge is -2.04. The molecule has 1 N–H and O–H groups in total. The Hall–Kier alpha value is -0.390. The number of rotatable bonds is 5. The molecule has 0 aliphatic rings. The minimum Gasteiger partial charge on any atom is -0.388 e. The number of aliphatic hydroxyl groups is 1. The quantitative estimate of drug-likeness (QED) is 0.474. The number of hydrogen-bond acceptors (Lipinski definition) is 4. The molecule has 0 fully saturated rings. The maximum absolute atomic E-state index is 10.8. The summed E-state index contributed by atoms with van der Waals surface area (Å²) in [6.07, 6.45) is 0.0999. The molecule has 0 aromatic carbocycles. The van der Waals surface area contributed by atoms with Crippen LogP contribution in [0.5, 0.6) is 0 Å². The maximum Gasteiger partial charge on any atom is 0.270 e. The normalized spacial score (nSPS) is 14.4. The Morgan fingerprint density at radius 3 is 2.64 bits per heavy atom. The van der Waals surface area contributed by atoms with Crippen molar-refractivity contribution in [1.29, 1.82) is 0 Å². The van der Waals surface area contributed by atoms with Crippen molar-refractivity contribution in [3.8, 4) is 0 Å². The highest BCUT2D eigenvalue weighted by atomic mass is 32.2. The van der Waals surface area contributed by atoms with Crippen LogP contribution in [-0.2, 0) is 14.3 Å². The fourth-order valence-corrected chi connectivity index (χ4v) is 1.51. The molecule has 0 saturated carbocycles. The summed E-state index contributed by atoms with van der Waals surface area (Å²) in [6.45, 7) is 4.89. The van der Waals surface area contributed by atoms with Gasteiger partial charge in [0.2, 0.25) is 0 Å². The molecule has 11 heavy (non-hydrogen) atoms. The lowest BCUT2D eigenvalue weighted by Crippen LogP contribution is -2.20. The molecule has 0 radical (unpaired) electrons. The zero-order valence-electron chi connectivity index (χ0n) is 6.36. The average molecular weight is 180 g/mol.